The average Bonchev–Trinajstić information content (AvgIpc) is 3.39. The minimum absolute atomic E-state index is 0.181. The molecule has 5 rings (SSSR count). The van der Waals surface area contributed by atoms with Crippen molar-refractivity contribution in [2.75, 3.05) is 4.90 Å². The third-order valence-corrected chi connectivity index (χ3v) is 5.64. The summed E-state index contributed by atoms with van der Waals surface area (Å²) in [4.78, 5) is 6.66. The molecule has 4 nitrogen and oxygen atoms in total. The van der Waals surface area contributed by atoms with Crippen LogP contribution < -0.4 is 10.2 Å². The number of hydrogen-bond donors (Lipinski definition) is 1. The first-order valence-electron chi connectivity index (χ1n) is 9.72. The summed E-state index contributed by atoms with van der Waals surface area (Å²) in [5.41, 5.74) is 3.28. The molecule has 3 heterocycles. The first-order valence-corrected chi connectivity index (χ1v) is 10.1. The largest absolute Gasteiger partial charge is 0.351 e. The van der Waals surface area contributed by atoms with Crippen LogP contribution in [0.3, 0.4) is 0 Å². The van der Waals surface area contributed by atoms with E-state index in [-0.39, 0.29) is 17.9 Å². The molecule has 1 aliphatic rings. The first kappa shape index (κ1) is 18.5. The molecule has 1 aliphatic heterocycles. The van der Waals surface area contributed by atoms with Crippen molar-refractivity contribution in [3.05, 3.63) is 115 Å². The molecule has 4 aromatic rings. The van der Waals surface area contributed by atoms with Gasteiger partial charge in [-0.05, 0) is 60.7 Å². The molecule has 1 saturated heterocycles. The normalized spacial score (nSPS) is 18.4. The van der Waals surface area contributed by atoms with E-state index in [4.69, 9.17) is 12.2 Å². The number of halogens is 1. The molecule has 0 radical (unpaired) electrons. The molecule has 0 spiro atoms. The highest BCUT2D eigenvalue weighted by atomic mass is 32.1. The van der Waals surface area contributed by atoms with Crippen molar-refractivity contribution in [2.24, 2.45) is 0 Å². The predicted molar refractivity (Wildman–Crippen MR) is 120 cm³/mol. The molecule has 0 saturated carbocycles. The summed E-state index contributed by atoms with van der Waals surface area (Å²) in [6, 6.07) is 26.2. The van der Waals surface area contributed by atoms with Crippen LogP contribution in [0.15, 0.2) is 97.3 Å². The van der Waals surface area contributed by atoms with Crippen LogP contribution in [0.4, 0.5) is 10.1 Å². The van der Waals surface area contributed by atoms with Gasteiger partial charge in [0.1, 0.15) is 11.9 Å². The highest BCUT2D eigenvalue weighted by Crippen LogP contribution is 2.42. The van der Waals surface area contributed by atoms with Crippen LogP contribution in [0.25, 0.3) is 5.69 Å². The van der Waals surface area contributed by atoms with Gasteiger partial charge in [0.15, 0.2) is 5.11 Å². The van der Waals surface area contributed by atoms with Gasteiger partial charge in [-0.1, -0.05) is 36.4 Å². The first-order chi connectivity index (χ1) is 14.7. The maximum absolute atomic E-state index is 14.6. The second-order valence-corrected chi connectivity index (χ2v) is 7.47. The number of nitrogens with one attached hydrogen (secondary N) is 1. The van der Waals surface area contributed by atoms with E-state index in [2.05, 4.69) is 15.2 Å². The van der Waals surface area contributed by atoms with E-state index in [9.17, 15) is 4.39 Å². The fraction of sp³-hybridized carbons (Fsp3) is 0.0833. The monoisotopic (exact) mass is 414 g/mol. The molecule has 0 unspecified atom stereocenters. The van der Waals surface area contributed by atoms with Crippen LogP contribution in [-0.4, -0.2) is 14.7 Å². The van der Waals surface area contributed by atoms with Gasteiger partial charge < -0.3 is 14.8 Å². The van der Waals surface area contributed by atoms with E-state index in [1.807, 2.05) is 77.5 Å². The van der Waals surface area contributed by atoms with Gasteiger partial charge in [0.2, 0.25) is 0 Å². The van der Waals surface area contributed by atoms with E-state index in [0.717, 1.165) is 17.1 Å². The van der Waals surface area contributed by atoms with Crippen molar-refractivity contribution in [2.45, 2.75) is 12.1 Å². The predicted octanol–water partition coefficient (Wildman–Crippen LogP) is 5.19. The minimum atomic E-state index is -0.274. The number of rotatable bonds is 4. The number of hydrogen-bond acceptors (Lipinski definition) is 2. The minimum Gasteiger partial charge on any atom is -0.351 e. The summed E-state index contributed by atoms with van der Waals surface area (Å²) < 4.78 is 16.5. The fourth-order valence-corrected chi connectivity index (χ4v) is 4.37. The van der Waals surface area contributed by atoms with Gasteiger partial charge in [-0.15, -0.1) is 0 Å². The molecule has 1 N–H and O–H groups in total. The molecule has 6 heteroatoms. The van der Waals surface area contributed by atoms with Gasteiger partial charge in [-0.3, -0.25) is 4.98 Å². The lowest BCUT2D eigenvalue weighted by molar-refractivity contribution is 0.544. The van der Waals surface area contributed by atoms with Crippen molar-refractivity contribution in [1.82, 2.24) is 14.9 Å². The smallest absolute Gasteiger partial charge is 0.174 e. The van der Waals surface area contributed by atoms with Gasteiger partial charge >= 0.3 is 0 Å². The molecule has 2 aromatic heterocycles. The van der Waals surface area contributed by atoms with E-state index >= 15 is 0 Å². The van der Waals surface area contributed by atoms with Crippen LogP contribution in [0.5, 0.6) is 0 Å². The van der Waals surface area contributed by atoms with Crippen molar-refractivity contribution in [3.8, 4) is 5.69 Å². The van der Waals surface area contributed by atoms with Gasteiger partial charge in [-0.25, -0.2) is 4.39 Å². The zero-order chi connectivity index (χ0) is 20.5. The number of pyridine rings is 1. The van der Waals surface area contributed by atoms with Gasteiger partial charge in [0.05, 0.1) is 17.4 Å². The van der Waals surface area contributed by atoms with Crippen LogP contribution >= 0.6 is 12.2 Å². The Kier molecular flexibility index (Phi) is 4.77. The Hall–Kier alpha value is -3.51. The van der Waals surface area contributed by atoms with Crippen molar-refractivity contribution in [3.63, 3.8) is 0 Å². The zero-order valence-corrected chi connectivity index (χ0v) is 16.8. The number of nitrogens with zero attached hydrogens (tertiary/aromatic N) is 3. The SMILES string of the molecule is Fc1ccccc1-n1cccc1[C@@H]1[C@@H](c2ccccn2)NC(=S)N1c1ccccc1. The molecular formula is C24H19FN4S. The lowest BCUT2D eigenvalue weighted by Crippen LogP contribution is -2.30. The van der Waals surface area contributed by atoms with Crippen LogP contribution in [0.1, 0.15) is 23.5 Å². The maximum Gasteiger partial charge on any atom is 0.174 e. The Morgan fingerprint density at radius 2 is 1.63 bits per heavy atom. The summed E-state index contributed by atoms with van der Waals surface area (Å²) >= 11 is 5.74. The molecule has 30 heavy (non-hydrogen) atoms. The Morgan fingerprint density at radius 3 is 2.40 bits per heavy atom. The van der Waals surface area contributed by atoms with E-state index in [1.54, 1.807) is 18.3 Å². The second kappa shape index (κ2) is 7.72. The molecule has 2 atom stereocenters. The van der Waals surface area contributed by atoms with E-state index in [0.29, 0.717) is 10.8 Å². The van der Waals surface area contributed by atoms with Crippen LogP contribution in [0, 0.1) is 5.82 Å². The standard InChI is InChI=1S/C24H19FN4S/c25-18-11-4-5-13-20(18)28-16-8-14-21(28)23-22(19-12-6-7-15-26-19)27-24(30)29(23)17-9-2-1-3-10-17/h1-16,22-23H,(H,27,30)/t22-,23-/m1/s1. The summed E-state index contributed by atoms with van der Waals surface area (Å²) in [5, 5.41) is 4.05. The number of benzene rings is 2. The lowest BCUT2D eigenvalue weighted by Gasteiger charge is -2.29. The maximum atomic E-state index is 14.6. The van der Waals surface area contributed by atoms with Gasteiger partial charge in [0, 0.05) is 23.8 Å². The number of anilines is 1. The molecule has 2 aromatic carbocycles. The number of aromatic nitrogens is 2. The molecule has 1 fully saturated rings. The van der Waals surface area contributed by atoms with E-state index in [1.165, 1.54) is 6.07 Å². The number of para-hydroxylation sites is 2. The second-order valence-electron chi connectivity index (χ2n) is 7.09. The molecule has 0 bridgehead atoms. The number of thiocarbonyl (C=S) groups is 1. The van der Waals surface area contributed by atoms with Gasteiger partial charge in [0.25, 0.3) is 0 Å². The van der Waals surface area contributed by atoms with Crippen LogP contribution in [-0.2, 0) is 0 Å². The molecule has 148 valence electrons. The van der Waals surface area contributed by atoms with Crippen molar-refractivity contribution >= 4 is 23.0 Å². The topological polar surface area (TPSA) is 33.1 Å². The summed E-state index contributed by atoms with van der Waals surface area (Å²) in [5.74, 6) is -0.274. The molecule has 0 aliphatic carbocycles. The van der Waals surface area contributed by atoms with E-state index < -0.39 is 0 Å². The zero-order valence-electron chi connectivity index (χ0n) is 16.0. The summed E-state index contributed by atoms with van der Waals surface area (Å²) in [7, 11) is 0. The van der Waals surface area contributed by atoms with Crippen molar-refractivity contribution < 1.29 is 4.39 Å². The highest BCUT2D eigenvalue weighted by molar-refractivity contribution is 7.80. The van der Waals surface area contributed by atoms with Crippen LogP contribution in [0.2, 0.25) is 0 Å². The lowest BCUT2D eigenvalue weighted by atomic mass is 10.0. The fourth-order valence-electron chi connectivity index (χ4n) is 4.02. The Balaban J connectivity index is 1.69. The average molecular weight is 415 g/mol. The highest BCUT2D eigenvalue weighted by Gasteiger charge is 2.42. The molecule has 0 amide bonds. The third-order valence-electron chi connectivity index (χ3n) is 5.33. The van der Waals surface area contributed by atoms with Crippen molar-refractivity contribution in [1.29, 1.82) is 0 Å². The Morgan fingerprint density at radius 1 is 0.867 bits per heavy atom. The van der Waals surface area contributed by atoms with Gasteiger partial charge in [-0.2, -0.15) is 0 Å². The third kappa shape index (κ3) is 3.15. The summed E-state index contributed by atoms with van der Waals surface area (Å²) in [6.45, 7) is 0. The Labute approximate surface area is 179 Å². The Bertz CT molecular complexity index is 1180. The quantitative estimate of drug-likeness (QED) is 0.466. The summed E-state index contributed by atoms with van der Waals surface area (Å²) in [6.07, 6.45) is 3.66. The molecular weight excluding hydrogens is 395 g/mol.